The Balaban J connectivity index is 1.88. The van der Waals surface area contributed by atoms with Gasteiger partial charge in [-0.1, -0.05) is 6.07 Å². The predicted octanol–water partition coefficient (Wildman–Crippen LogP) is 2.39. The van der Waals surface area contributed by atoms with E-state index in [0.717, 1.165) is 19.4 Å². The summed E-state index contributed by atoms with van der Waals surface area (Å²) in [5, 5.41) is 3.32. The number of hydrogen-bond donors (Lipinski definition) is 2. The van der Waals surface area contributed by atoms with Crippen LogP contribution in [0, 0.1) is 0 Å². The first kappa shape index (κ1) is 11.3. The summed E-state index contributed by atoms with van der Waals surface area (Å²) in [5.41, 5.74) is 7.79. The van der Waals surface area contributed by atoms with Gasteiger partial charge in [-0.15, -0.1) is 0 Å². The van der Waals surface area contributed by atoms with Crippen LogP contribution in [0.1, 0.15) is 19.8 Å². The van der Waals surface area contributed by atoms with Gasteiger partial charge in [-0.2, -0.15) is 4.98 Å². The maximum atomic E-state index is 5.86. The number of nitrogen functional groups attached to an aromatic ring is 1. The van der Waals surface area contributed by atoms with Crippen molar-refractivity contribution in [2.45, 2.75) is 25.3 Å². The van der Waals surface area contributed by atoms with Gasteiger partial charge in [0.2, 0.25) is 0 Å². The third kappa shape index (κ3) is 2.01. The predicted molar refractivity (Wildman–Crippen MR) is 70.5 cm³/mol. The van der Waals surface area contributed by atoms with Crippen LogP contribution in [0.4, 0.5) is 11.7 Å². The maximum Gasteiger partial charge on any atom is 0.296 e. The number of benzene rings is 1. The first-order valence-corrected chi connectivity index (χ1v) is 6.17. The molecule has 0 aliphatic carbocycles. The number of aromatic nitrogens is 1. The first-order valence-electron chi connectivity index (χ1n) is 6.17. The quantitative estimate of drug-likeness (QED) is 0.797. The molecule has 1 unspecified atom stereocenters. The van der Waals surface area contributed by atoms with E-state index in [1.807, 2.05) is 18.2 Å². The summed E-state index contributed by atoms with van der Waals surface area (Å²) < 4.78 is 11.2. The molecule has 0 bridgehead atoms. The number of para-hydroxylation sites is 1. The summed E-state index contributed by atoms with van der Waals surface area (Å²) in [4.78, 5) is 4.39. The van der Waals surface area contributed by atoms with Crippen molar-refractivity contribution in [1.29, 1.82) is 0 Å². The largest absolute Gasteiger partial charge is 0.423 e. The van der Waals surface area contributed by atoms with E-state index in [1.54, 1.807) is 0 Å². The van der Waals surface area contributed by atoms with Gasteiger partial charge in [0.05, 0.1) is 17.8 Å². The number of hydrogen-bond acceptors (Lipinski definition) is 5. The van der Waals surface area contributed by atoms with Gasteiger partial charge in [0, 0.05) is 6.61 Å². The molecule has 18 heavy (non-hydrogen) atoms. The Hall–Kier alpha value is -1.75. The molecule has 96 valence electrons. The second-order valence-corrected chi connectivity index (χ2v) is 5.05. The molecule has 1 aromatic heterocycles. The number of fused-ring (bicyclic) bond motifs is 1. The van der Waals surface area contributed by atoms with Crippen molar-refractivity contribution in [3.63, 3.8) is 0 Å². The molecule has 2 aromatic rings. The highest BCUT2D eigenvalue weighted by Crippen LogP contribution is 2.28. The van der Waals surface area contributed by atoms with Crippen LogP contribution in [0.15, 0.2) is 22.6 Å². The van der Waals surface area contributed by atoms with Crippen molar-refractivity contribution in [2.75, 3.05) is 24.3 Å². The molecule has 1 aromatic carbocycles. The van der Waals surface area contributed by atoms with Crippen LogP contribution in [0.3, 0.4) is 0 Å². The minimum atomic E-state index is -0.117. The smallest absolute Gasteiger partial charge is 0.296 e. The number of oxazole rings is 1. The third-order valence-electron chi connectivity index (χ3n) is 3.30. The Morgan fingerprint density at radius 2 is 2.33 bits per heavy atom. The summed E-state index contributed by atoms with van der Waals surface area (Å²) in [6, 6.07) is 6.05. The summed E-state index contributed by atoms with van der Waals surface area (Å²) >= 11 is 0. The monoisotopic (exact) mass is 247 g/mol. The van der Waals surface area contributed by atoms with E-state index in [0.29, 0.717) is 29.4 Å². The fourth-order valence-corrected chi connectivity index (χ4v) is 2.31. The Morgan fingerprint density at radius 3 is 3.06 bits per heavy atom. The number of rotatable bonds is 2. The van der Waals surface area contributed by atoms with Crippen LogP contribution < -0.4 is 11.1 Å². The highest BCUT2D eigenvalue weighted by molar-refractivity contribution is 5.86. The summed E-state index contributed by atoms with van der Waals surface area (Å²) in [6.07, 6.45) is 2.09. The van der Waals surface area contributed by atoms with E-state index < -0.39 is 0 Å². The Labute approximate surface area is 105 Å². The zero-order chi connectivity index (χ0) is 12.6. The molecular weight excluding hydrogens is 230 g/mol. The zero-order valence-corrected chi connectivity index (χ0v) is 10.4. The van der Waals surface area contributed by atoms with Crippen LogP contribution >= 0.6 is 0 Å². The summed E-state index contributed by atoms with van der Waals surface area (Å²) in [6.45, 7) is 3.61. The molecule has 2 heterocycles. The van der Waals surface area contributed by atoms with Crippen molar-refractivity contribution >= 4 is 22.8 Å². The normalized spacial score (nSPS) is 24.3. The highest BCUT2D eigenvalue weighted by atomic mass is 16.5. The number of nitrogens with two attached hydrogens (primary N) is 1. The third-order valence-corrected chi connectivity index (χ3v) is 3.30. The fourth-order valence-electron chi connectivity index (χ4n) is 2.31. The average molecular weight is 247 g/mol. The van der Waals surface area contributed by atoms with Crippen molar-refractivity contribution in [1.82, 2.24) is 4.98 Å². The van der Waals surface area contributed by atoms with Gasteiger partial charge in [-0.25, -0.2) is 0 Å². The molecular formula is C13H17N3O2. The molecule has 1 atom stereocenters. The summed E-state index contributed by atoms with van der Waals surface area (Å²) in [5.74, 6) is 0. The van der Waals surface area contributed by atoms with Gasteiger partial charge in [-0.05, 0) is 31.9 Å². The molecule has 1 saturated heterocycles. The maximum absolute atomic E-state index is 5.86. The van der Waals surface area contributed by atoms with E-state index >= 15 is 0 Å². The minimum Gasteiger partial charge on any atom is -0.423 e. The van der Waals surface area contributed by atoms with Crippen LogP contribution in [0.25, 0.3) is 11.1 Å². The molecule has 1 fully saturated rings. The van der Waals surface area contributed by atoms with Crippen molar-refractivity contribution < 1.29 is 9.15 Å². The molecule has 3 rings (SSSR count). The topological polar surface area (TPSA) is 73.3 Å². The lowest BCUT2D eigenvalue weighted by Crippen LogP contribution is -2.43. The first-order chi connectivity index (χ1) is 8.66. The molecule has 0 radical (unpaired) electrons. The van der Waals surface area contributed by atoms with Gasteiger partial charge in [0.1, 0.15) is 5.52 Å². The fraction of sp³-hybridized carbons (Fsp3) is 0.462. The van der Waals surface area contributed by atoms with E-state index in [4.69, 9.17) is 14.9 Å². The van der Waals surface area contributed by atoms with Crippen molar-refractivity contribution in [3.05, 3.63) is 18.2 Å². The molecule has 1 aliphatic rings. The Morgan fingerprint density at radius 1 is 1.44 bits per heavy atom. The molecule has 0 saturated carbocycles. The van der Waals surface area contributed by atoms with Gasteiger partial charge in [0.25, 0.3) is 6.01 Å². The number of anilines is 2. The van der Waals surface area contributed by atoms with E-state index in [1.165, 1.54) is 0 Å². The second kappa shape index (κ2) is 4.17. The van der Waals surface area contributed by atoms with Crippen LogP contribution in [-0.4, -0.2) is 23.7 Å². The molecule has 5 nitrogen and oxygen atoms in total. The molecule has 3 N–H and O–H groups in total. The van der Waals surface area contributed by atoms with Crippen molar-refractivity contribution in [2.24, 2.45) is 0 Å². The molecule has 1 aliphatic heterocycles. The standard InChI is InChI=1S/C13H17N3O2/c1-13(6-3-7-17-8-13)16-12-15-11-9(14)4-2-5-10(11)18-12/h2,4-5H,3,6-8,14H2,1H3,(H,15,16). The second-order valence-electron chi connectivity index (χ2n) is 5.05. The van der Waals surface area contributed by atoms with Gasteiger partial charge in [0.15, 0.2) is 5.58 Å². The number of nitrogens with one attached hydrogen (secondary N) is 1. The Bertz CT molecular complexity index is 558. The molecule has 0 spiro atoms. The highest BCUT2D eigenvalue weighted by Gasteiger charge is 2.29. The van der Waals surface area contributed by atoms with Crippen LogP contribution in [0.5, 0.6) is 0 Å². The SMILES string of the molecule is CC1(Nc2nc3c(N)cccc3o2)CCCOC1. The molecule has 0 amide bonds. The van der Waals surface area contributed by atoms with Crippen molar-refractivity contribution in [3.8, 4) is 0 Å². The van der Waals surface area contributed by atoms with E-state index in [-0.39, 0.29) is 5.54 Å². The zero-order valence-electron chi connectivity index (χ0n) is 10.4. The van der Waals surface area contributed by atoms with Gasteiger partial charge >= 0.3 is 0 Å². The number of ether oxygens (including phenoxy) is 1. The van der Waals surface area contributed by atoms with Gasteiger partial charge in [-0.3, -0.25) is 0 Å². The lowest BCUT2D eigenvalue weighted by molar-refractivity contribution is 0.0531. The Kier molecular flexibility index (Phi) is 2.63. The lowest BCUT2D eigenvalue weighted by atomic mass is 9.95. The lowest BCUT2D eigenvalue weighted by Gasteiger charge is -2.33. The average Bonchev–Trinajstić information content (AvgIpc) is 2.73. The van der Waals surface area contributed by atoms with Crippen LogP contribution in [0.2, 0.25) is 0 Å². The van der Waals surface area contributed by atoms with E-state index in [9.17, 15) is 0 Å². The molecule has 5 heteroatoms. The minimum absolute atomic E-state index is 0.117. The number of nitrogens with zero attached hydrogens (tertiary/aromatic N) is 1. The van der Waals surface area contributed by atoms with Crippen LogP contribution in [-0.2, 0) is 4.74 Å². The van der Waals surface area contributed by atoms with E-state index in [2.05, 4.69) is 17.2 Å². The summed E-state index contributed by atoms with van der Waals surface area (Å²) in [7, 11) is 0. The van der Waals surface area contributed by atoms with Gasteiger partial charge < -0.3 is 20.2 Å².